The van der Waals surface area contributed by atoms with E-state index in [1.54, 1.807) is 12.1 Å². The molecule has 0 aromatic heterocycles. The summed E-state index contributed by atoms with van der Waals surface area (Å²) in [5.74, 6) is -1.27. The van der Waals surface area contributed by atoms with Crippen molar-refractivity contribution in [3.63, 3.8) is 0 Å². The molecule has 6 heteroatoms. The number of nitrogens with zero attached hydrogens (tertiary/aromatic N) is 1. The van der Waals surface area contributed by atoms with Gasteiger partial charge in [0.05, 0.1) is 16.7 Å². The summed E-state index contributed by atoms with van der Waals surface area (Å²) < 4.78 is 27.9. The van der Waals surface area contributed by atoms with Gasteiger partial charge in [-0.3, -0.25) is 10.1 Å². The van der Waals surface area contributed by atoms with Gasteiger partial charge in [-0.1, -0.05) is 24.3 Å². The Hall–Kier alpha value is -2.76. The molecule has 3 atom stereocenters. The molecule has 1 N–H and O–H groups in total. The summed E-state index contributed by atoms with van der Waals surface area (Å²) in [6.07, 6.45) is 4.72. The van der Waals surface area contributed by atoms with Crippen LogP contribution in [0.25, 0.3) is 0 Å². The lowest BCUT2D eigenvalue weighted by atomic mass is 9.77. The smallest absolute Gasteiger partial charge is 0.269 e. The summed E-state index contributed by atoms with van der Waals surface area (Å²) in [6, 6.07) is 8.32. The van der Waals surface area contributed by atoms with Gasteiger partial charge in [-0.2, -0.15) is 0 Å². The third-order valence-electron chi connectivity index (χ3n) is 4.83. The SMILES string of the molecule is O=[N+]([O-])c1cccc([C@@H]2Nc3c(F)cc(F)cc3[C@@H]3C=CC[C@@H]32)c1. The van der Waals surface area contributed by atoms with Gasteiger partial charge < -0.3 is 5.32 Å². The van der Waals surface area contributed by atoms with Crippen LogP contribution in [0, 0.1) is 27.7 Å². The van der Waals surface area contributed by atoms with Crippen molar-refractivity contribution in [2.45, 2.75) is 18.4 Å². The van der Waals surface area contributed by atoms with Crippen LogP contribution in [0.5, 0.6) is 0 Å². The summed E-state index contributed by atoms with van der Waals surface area (Å²) in [7, 11) is 0. The predicted octanol–water partition coefficient (Wildman–Crippen LogP) is 4.70. The van der Waals surface area contributed by atoms with E-state index in [0.717, 1.165) is 18.1 Å². The molecule has 0 unspecified atom stereocenters. The fraction of sp³-hybridized carbons (Fsp3) is 0.222. The average molecular weight is 328 g/mol. The number of hydrogen-bond acceptors (Lipinski definition) is 3. The summed E-state index contributed by atoms with van der Waals surface area (Å²) in [5.41, 5.74) is 1.62. The first-order valence-electron chi connectivity index (χ1n) is 7.71. The number of nitrogens with one attached hydrogen (secondary N) is 1. The normalized spacial score (nSPS) is 24.2. The molecule has 24 heavy (non-hydrogen) atoms. The Labute approximate surface area is 137 Å². The maximum atomic E-state index is 14.3. The van der Waals surface area contributed by atoms with Gasteiger partial charge in [0.15, 0.2) is 0 Å². The number of rotatable bonds is 2. The second kappa shape index (κ2) is 5.40. The molecule has 2 aliphatic rings. The van der Waals surface area contributed by atoms with Gasteiger partial charge in [-0.25, -0.2) is 8.78 Å². The van der Waals surface area contributed by atoms with Gasteiger partial charge in [0.1, 0.15) is 11.6 Å². The van der Waals surface area contributed by atoms with Crippen LogP contribution in [0.2, 0.25) is 0 Å². The molecule has 4 rings (SSSR count). The van der Waals surface area contributed by atoms with Crippen molar-refractivity contribution < 1.29 is 13.7 Å². The lowest BCUT2D eigenvalue weighted by molar-refractivity contribution is -0.384. The number of halogens is 2. The Kier molecular flexibility index (Phi) is 3.33. The van der Waals surface area contributed by atoms with Crippen LogP contribution < -0.4 is 5.32 Å². The van der Waals surface area contributed by atoms with E-state index in [9.17, 15) is 18.9 Å². The van der Waals surface area contributed by atoms with E-state index in [4.69, 9.17) is 0 Å². The summed E-state index contributed by atoms with van der Waals surface area (Å²) >= 11 is 0. The molecular formula is C18H14F2N2O2. The molecule has 0 bridgehead atoms. The van der Waals surface area contributed by atoms with Crippen molar-refractivity contribution in [3.8, 4) is 0 Å². The molecule has 0 saturated heterocycles. The van der Waals surface area contributed by atoms with Crippen molar-refractivity contribution >= 4 is 11.4 Å². The van der Waals surface area contributed by atoms with Gasteiger partial charge in [-0.15, -0.1) is 0 Å². The van der Waals surface area contributed by atoms with Crippen LogP contribution in [0.1, 0.15) is 29.5 Å². The third kappa shape index (κ3) is 2.26. The Morgan fingerprint density at radius 1 is 1.21 bits per heavy atom. The number of hydrogen-bond donors (Lipinski definition) is 1. The minimum atomic E-state index is -0.640. The summed E-state index contributed by atoms with van der Waals surface area (Å²) in [5, 5.41) is 14.2. The van der Waals surface area contributed by atoms with Crippen LogP contribution in [0.15, 0.2) is 48.6 Å². The van der Waals surface area contributed by atoms with E-state index >= 15 is 0 Å². The van der Waals surface area contributed by atoms with Crippen LogP contribution in [-0.2, 0) is 0 Å². The largest absolute Gasteiger partial charge is 0.375 e. The molecule has 2 aromatic rings. The third-order valence-corrected chi connectivity index (χ3v) is 4.83. The minimum absolute atomic E-state index is 0.00202. The molecule has 0 spiro atoms. The predicted molar refractivity (Wildman–Crippen MR) is 85.8 cm³/mol. The molecule has 0 saturated carbocycles. The standard InChI is InChI=1S/C18H14F2N2O2/c19-11-8-15-13-5-2-6-14(13)17(21-18(15)16(20)9-11)10-3-1-4-12(7-10)22(23)24/h1-5,7-9,13-14,17,21H,6H2/t13-,14+,17+/m1/s1. The molecule has 0 radical (unpaired) electrons. The highest BCUT2D eigenvalue weighted by atomic mass is 19.1. The van der Waals surface area contributed by atoms with Crippen molar-refractivity contribution in [2.75, 3.05) is 5.32 Å². The first kappa shape index (κ1) is 14.8. The van der Waals surface area contributed by atoms with Crippen molar-refractivity contribution in [2.24, 2.45) is 5.92 Å². The molecule has 1 aliphatic heterocycles. The lowest BCUT2D eigenvalue weighted by Gasteiger charge is -2.37. The lowest BCUT2D eigenvalue weighted by Crippen LogP contribution is -2.30. The van der Waals surface area contributed by atoms with Crippen LogP contribution in [0.4, 0.5) is 20.2 Å². The van der Waals surface area contributed by atoms with Gasteiger partial charge in [-0.05, 0) is 29.5 Å². The molecule has 2 aromatic carbocycles. The van der Waals surface area contributed by atoms with E-state index in [0.29, 0.717) is 5.56 Å². The molecular weight excluding hydrogens is 314 g/mol. The van der Waals surface area contributed by atoms with Crippen LogP contribution in [0.3, 0.4) is 0 Å². The van der Waals surface area contributed by atoms with Gasteiger partial charge in [0, 0.05) is 24.1 Å². The number of nitro benzene ring substituents is 1. The number of non-ortho nitro benzene ring substituents is 1. The molecule has 1 heterocycles. The molecule has 1 aliphatic carbocycles. The first-order chi connectivity index (χ1) is 11.5. The molecule has 122 valence electrons. The van der Waals surface area contributed by atoms with Gasteiger partial charge in [0.2, 0.25) is 0 Å². The highest BCUT2D eigenvalue weighted by Crippen LogP contribution is 2.50. The van der Waals surface area contributed by atoms with E-state index < -0.39 is 16.6 Å². The first-order valence-corrected chi connectivity index (χ1v) is 7.71. The van der Waals surface area contributed by atoms with E-state index in [-0.39, 0.29) is 29.3 Å². The van der Waals surface area contributed by atoms with E-state index in [1.165, 1.54) is 18.2 Å². The maximum Gasteiger partial charge on any atom is 0.269 e. The van der Waals surface area contributed by atoms with Crippen LogP contribution in [-0.4, -0.2) is 4.92 Å². The number of fused-ring (bicyclic) bond motifs is 3. The topological polar surface area (TPSA) is 55.2 Å². The van der Waals surface area contributed by atoms with Crippen molar-refractivity contribution in [1.82, 2.24) is 0 Å². The second-order valence-electron chi connectivity index (χ2n) is 6.18. The number of nitro groups is 1. The van der Waals surface area contributed by atoms with Crippen molar-refractivity contribution in [3.05, 3.63) is 81.4 Å². The van der Waals surface area contributed by atoms with Gasteiger partial charge >= 0.3 is 0 Å². The quantitative estimate of drug-likeness (QED) is 0.494. The number of allylic oxidation sites excluding steroid dienone is 2. The highest BCUT2D eigenvalue weighted by Gasteiger charge is 2.39. The Bertz CT molecular complexity index is 866. The number of benzene rings is 2. The minimum Gasteiger partial charge on any atom is -0.375 e. The Balaban J connectivity index is 1.81. The molecule has 4 nitrogen and oxygen atoms in total. The second-order valence-corrected chi connectivity index (χ2v) is 6.18. The number of anilines is 1. The van der Waals surface area contributed by atoms with E-state index in [2.05, 4.69) is 5.32 Å². The zero-order chi connectivity index (χ0) is 16.8. The maximum absolute atomic E-state index is 14.3. The fourth-order valence-electron chi connectivity index (χ4n) is 3.78. The van der Waals surface area contributed by atoms with Crippen molar-refractivity contribution in [1.29, 1.82) is 0 Å². The monoisotopic (exact) mass is 328 g/mol. The Morgan fingerprint density at radius 3 is 2.83 bits per heavy atom. The summed E-state index contributed by atoms with van der Waals surface area (Å²) in [6.45, 7) is 0. The van der Waals surface area contributed by atoms with Crippen LogP contribution >= 0.6 is 0 Å². The van der Waals surface area contributed by atoms with E-state index in [1.807, 2.05) is 12.2 Å². The fourth-order valence-corrected chi connectivity index (χ4v) is 3.78. The summed E-state index contributed by atoms with van der Waals surface area (Å²) in [4.78, 5) is 10.6. The average Bonchev–Trinajstić information content (AvgIpc) is 3.04. The molecule has 0 amide bonds. The van der Waals surface area contributed by atoms with Gasteiger partial charge in [0.25, 0.3) is 5.69 Å². The highest BCUT2D eigenvalue weighted by molar-refractivity contribution is 5.61. The molecule has 0 fully saturated rings. The zero-order valence-corrected chi connectivity index (χ0v) is 12.6. The Morgan fingerprint density at radius 2 is 2.04 bits per heavy atom. The zero-order valence-electron chi connectivity index (χ0n) is 12.6.